The first-order valence-electron chi connectivity index (χ1n) is 7.73. The van der Waals surface area contributed by atoms with E-state index in [0.29, 0.717) is 12.5 Å². The molecule has 0 amide bonds. The van der Waals surface area contributed by atoms with Crippen molar-refractivity contribution >= 4 is 5.96 Å². The van der Waals surface area contributed by atoms with E-state index in [9.17, 15) is 0 Å². The highest BCUT2D eigenvalue weighted by Crippen LogP contribution is 2.12. The molecule has 2 N–H and O–H groups in total. The summed E-state index contributed by atoms with van der Waals surface area (Å²) in [6.07, 6.45) is 3.83. The van der Waals surface area contributed by atoms with Gasteiger partial charge in [0, 0.05) is 31.9 Å². The van der Waals surface area contributed by atoms with E-state index in [0.717, 1.165) is 24.6 Å². The second-order valence-corrected chi connectivity index (χ2v) is 5.41. The van der Waals surface area contributed by atoms with Gasteiger partial charge in [-0.15, -0.1) is 0 Å². The Bertz CT molecular complexity index is 588. The Hall–Kier alpha value is -2.30. The van der Waals surface area contributed by atoms with Gasteiger partial charge in [0.2, 0.25) is 0 Å². The first-order chi connectivity index (χ1) is 10.7. The summed E-state index contributed by atoms with van der Waals surface area (Å²) in [5, 5.41) is 10.8. The molecule has 2 aromatic rings. The predicted octanol–water partition coefficient (Wildman–Crippen LogP) is 2.28. The zero-order valence-corrected chi connectivity index (χ0v) is 13.6. The van der Waals surface area contributed by atoms with E-state index >= 15 is 0 Å². The van der Waals surface area contributed by atoms with Crippen molar-refractivity contribution in [2.45, 2.75) is 26.3 Å². The van der Waals surface area contributed by atoms with Crippen LogP contribution < -0.4 is 10.6 Å². The minimum atomic E-state index is 0.434. The van der Waals surface area contributed by atoms with Crippen molar-refractivity contribution in [1.82, 2.24) is 20.4 Å². The Morgan fingerprint density at radius 1 is 1.27 bits per heavy atom. The molecule has 22 heavy (non-hydrogen) atoms. The van der Waals surface area contributed by atoms with Crippen LogP contribution in [-0.4, -0.2) is 28.8 Å². The Labute approximate surface area is 132 Å². The highest BCUT2D eigenvalue weighted by molar-refractivity contribution is 5.79. The van der Waals surface area contributed by atoms with Gasteiger partial charge in [-0.2, -0.15) is 5.10 Å². The second kappa shape index (κ2) is 8.22. The summed E-state index contributed by atoms with van der Waals surface area (Å²) < 4.78 is 1.79. The molecular formula is C17H25N5. The summed E-state index contributed by atoms with van der Waals surface area (Å²) in [6, 6.07) is 10.5. The molecule has 0 aliphatic rings. The van der Waals surface area contributed by atoms with Crippen molar-refractivity contribution in [2.24, 2.45) is 12.0 Å². The average Bonchev–Trinajstić information content (AvgIpc) is 2.96. The molecule has 1 unspecified atom stereocenters. The molecule has 5 nitrogen and oxygen atoms in total. The zero-order valence-electron chi connectivity index (χ0n) is 13.6. The monoisotopic (exact) mass is 299 g/mol. The normalized spacial score (nSPS) is 13.0. The first-order valence-corrected chi connectivity index (χ1v) is 7.73. The van der Waals surface area contributed by atoms with Crippen molar-refractivity contribution in [3.8, 4) is 0 Å². The minimum Gasteiger partial charge on any atom is -0.357 e. The molecule has 0 aliphatic heterocycles. The lowest BCUT2D eigenvalue weighted by atomic mass is 10.0. The lowest BCUT2D eigenvalue weighted by molar-refractivity contribution is 0.699. The fourth-order valence-corrected chi connectivity index (χ4v) is 2.21. The van der Waals surface area contributed by atoms with Crippen LogP contribution in [-0.2, 0) is 13.6 Å². The van der Waals surface area contributed by atoms with Gasteiger partial charge in [-0.3, -0.25) is 4.68 Å². The molecule has 1 atom stereocenters. The van der Waals surface area contributed by atoms with Gasteiger partial charge in [-0.05, 0) is 18.4 Å². The third-order valence-corrected chi connectivity index (χ3v) is 3.47. The molecule has 1 aromatic heterocycles. The Kier molecular flexibility index (Phi) is 6.01. The molecule has 1 heterocycles. The molecule has 0 fully saturated rings. The molecular weight excluding hydrogens is 274 g/mol. The van der Waals surface area contributed by atoms with Gasteiger partial charge in [0.05, 0.1) is 12.7 Å². The van der Waals surface area contributed by atoms with Gasteiger partial charge in [-0.1, -0.05) is 37.3 Å². The Balaban J connectivity index is 1.90. The van der Waals surface area contributed by atoms with Crippen LogP contribution in [0.1, 0.15) is 30.9 Å². The van der Waals surface area contributed by atoms with Crippen LogP contribution in [0.25, 0.3) is 0 Å². The number of nitrogens with zero attached hydrogens (tertiary/aromatic N) is 3. The van der Waals surface area contributed by atoms with Crippen LogP contribution in [0, 0.1) is 0 Å². The Morgan fingerprint density at radius 3 is 2.68 bits per heavy atom. The smallest absolute Gasteiger partial charge is 0.191 e. The van der Waals surface area contributed by atoms with Crippen molar-refractivity contribution in [3.05, 3.63) is 53.9 Å². The maximum absolute atomic E-state index is 4.60. The molecule has 1 aromatic carbocycles. The van der Waals surface area contributed by atoms with E-state index in [1.807, 2.05) is 25.5 Å². The molecule has 0 spiro atoms. The van der Waals surface area contributed by atoms with E-state index in [2.05, 4.69) is 58.8 Å². The van der Waals surface area contributed by atoms with Crippen molar-refractivity contribution in [1.29, 1.82) is 0 Å². The van der Waals surface area contributed by atoms with Crippen LogP contribution in [0.4, 0.5) is 0 Å². The Morgan fingerprint density at radius 2 is 2.05 bits per heavy atom. The molecule has 2 rings (SSSR count). The summed E-state index contributed by atoms with van der Waals surface area (Å²) in [6.45, 7) is 6.61. The van der Waals surface area contributed by atoms with Crippen LogP contribution >= 0.6 is 0 Å². The second-order valence-electron chi connectivity index (χ2n) is 5.41. The third kappa shape index (κ3) is 4.91. The van der Waals surface area contributed by atoms with E-state index in [4.69, 9.17) is 0 Å². The summed E-state index contributed by atoms with van der Waals surface area (Å²) in [5.41, 5.74) is 2.44. The van der Waals surface area contributed by atoms with Crippen molar-refractivity contribution in [3.63, 3.8) is 0 Å². The third-order valence-electron chi connectivity index (χ3n) is 3.47. The van der Waals surface area contributed by atoms with Crippen LogP contribution in [0.2, 0.25) is 0 Å². The highest BCUT2D eigenvalue weighted by atomic mass is 15.2. The summed E-state index contributed by atoms with van der Waals surface area (Å²) >= 11 is 0. The number of benzene rings is 1. The standard InChI is InChI=1S/C17H25N5/c1-4-18-17(20-11-15-12-21-22(3)13-15)19-10-14(2)16-8-6-5-7-9-16/h5-9,12-14H,4,10-11H2,1-3H3,(H2,18,19,20). The maximum Gasteiger partial charge on any atom is 0.191 e. The summed E-state index contributed by atoms with van der Waals surface area (Å²) in [4.78, 5) is 4.60. The lowest BCUT2D eigenvalue weighted by Crippen LogP contribution is -2.39. The van der Waals surface area contributed by atoms with Gasteiger partial charge < -0.3 is 10.6 Å². The fourth-order valence-electron chi connectivity index (χ4n) is 2.21. The average molecular weight is 299 g/mol. The fraction of sp³-hybridized carbons (Fsp3) is 0.412. The molecule has 118 valence electrons. The number of aryl methyl sites for hydroxylation is 1. The van der Waals surface area contributed by atoms with Crippen LogP contribution in [0.15, 0.2) is 47.7 Å². The lowest BCUT2D eigenvalue weighted by Gasteiger charge is -2.16. The number of hydrogen-bond acceptors (Lipinski definition) is 2. The van der Waals surface area contributed by atoms with E-state index < -0.39 is 0 Å². The largest absolute Gasteiger partial charge is 0.357 e. The van der Waals surface area contributed by atoms with Crippen LogP contribution in [0.3, 0.4) is 0 Å². The number of aliphatic imine (C=N–C) groups is 1. The van der Waals surface area contributed by atoms with E-state index in [1.165, 1.54) is 5.56 Å². The quantitative estimate of drug-likeness (QED) is 0.635. The topological polar surface area (TPSA) is 54.2 Å². The van der Waals surface area contributed by atoms with Gasteiger partial charge in [0.1, 0.15) is 0 Å². The molecule has 0 saturated carbocycles. The van der Waals surface area contributed by atoms with Crippen LogP contribution in [0.5, 0.6) is 0 Å². The highest BCUT2D eigenvalue weighted by Gasteiger charge is 2.06. The first kappa shape index (κ1) is 16.1. The van der Waals surface area contributed by atoms with Crippen molar-refractivity contribution < 1.29 is 0 Å². The molecule has 0 aliphatic carbocycles. The van der Waals surface area contributed by atoms with Crippen molar-refractivity contribution in [2.75, 3.05) is 13.1 Å². The summed E-state index contributed by atoms with van der Waals surface area (Å²) in [7, 11) is 1.91. The molecule has 0 saturated heterocycles. The van der Waals surface area contributed by atoms with E-state index in [-0.39, 0.29) is 0 Å². The van der Waals surface area contributed by atoms with Gasteiger partial charge in [0.25, 0.3) is 0 Å². The van der Waals surface area contributed by atoms with Gasteiger partial charge in [0.15, 0.2) is 5.96 Å². The predicted molar refractivity (Wildman–Crippen MR) is 90.9 cm³/mol. The van der Waals surface area contributed by atoms with E-state index in [1.54, 1.807) is 4.68 Å². The number of nitrogens with one attached hydrogen (secondary N) is 2. The molecule has 0 radical (unpaired) electrons. The summed E-state index contributed by atoms with van der Waals surface area (Å²) in [5.74, 6) is 1.28. The maximum atomic E-state index is 4.60. The number of hydrogen-bond donors (Lipinski definition) is 2. The molecule has 0 bridgehead atoms. The minimum absolute atomic E-state index is 0.434. The number of guanidine groups is 1. The van der Waals surface area contributed by atoms with Gasteiger partial charge >= 0.3 is 0 Å². The molecule has 5 heteroatoms. The zero-order chi connectivity index (χ0) is 15.8. The van der Waals surface area contributed by atoms with Gasteiger partial charge in [-0.25, -0.2) is 4.99 Å². The number of rotatable bonds is 6. The SMILES string of the molecule is CCNC(=NCc1cnn(C)c1)NCC(C)c1ccccc1. The number of aromatic nitrogens is 2.